The summed E-state index contributed by atoms with van der Waals surface area (Å²) in [5.41, 5.74) is 0.893. The lowest BCUT2D eigenvalue weighted by atomic mass is 10.4. The van der Waals surface area contributed by atoms with Crippen LogP contribution in [0.1, 0.15) is 33.6 Å². The van der Waals surface area contributed by atoms with Crippen LogP contribution in [0.15, 0.2) is 24.3 Å². The number of carbonyl (C=O) groups excluding carboxylic acids is 1. The van der Waals surface area contributed by atoms with E-state index in [4.69, 9.17) is 9.05 Å². The maximum Gasteiger partial charge on any atom is 0.397 e. The van der Waals surface area contributed by atoms with Crippen LogP contribution in [-0.4, -0.2) is 18.7 Å². The van der Waals surface area contributed by atoms with E-state index in [1.54, 1.807) is 13.8 Å². The Labute approximate surface area is 103 Å². The molecule has 0 amide bonds. The summed E-state index contributed by atoms with van der Waals surface area (Å²) in [4.78, 5) is 11.7. The fraction of sp³-hybridized carbons (Fsp3) is 0.583. The lowest BCUT2D eigenvalue weighted by Gasteiger charge is -2.17. The third-order valence-electron chi connectivity index (χ3n) is 1.73. The molecule has 0 spiro atoms. The van der Waals surface area contributed by atoms with Crippen LogP contribution in [0.3, 0.4) is 0 Å². The standard InChI is InChI=1S/C12H21O4P/c1-6-7-12(13)17(14,15-8-10(2)3)16-9-11(4)5/h2,4,6-9H2,1,3,5H3. The van der Waals surface area contributed by atoms with Gasteiger partial charge in [-0.1, -0.05) is 31.2 Å². The molecular weight excluding hydrogens is 239 g/mol. The first-order valence-corrected chi connectivity index (χ1v) is 7.07. The van der Waals surface area contributed by atoms with E-state index in [2.05, 4.69) is 13.2 Å². The molecule has 5 heteroatoms. The van der Waals surface area contributed by atoms with Crippen molar-refractivity contribution in [2.24, 2.45) is 0 Å². The minimum absolute atomic E-state index is 0.0585. The fourth-order valence-electron chi connectivity index (χ4n) is 0.922. The molecule has 0 aliphatic heterocycles. The maximum atomic E-state index is 12.2. The summed E-state index contributed by atoms with van der Waals surface area (Å²) in [6, 6.07) is 0. The van der Waals surface area contributed by atoms with Gasteiger partial charge in [0, 0.05) is 6.42 Å². The molecule has 0 rings (SSSR count). The lowest BCUT2D eigenvalue weighted by molar-refractivity contribution is -0.113. The van der Waals surface area contributed by atoms with Gasteiger partial charge >= 0.3 is 7.60 Å². The molecule has 0 bridgehead atoms. The van der Waals surface area contributed by atoms with Crippen LogP contribution >= 0.6 is 7.60 Å². The van der Waals surface area contributed by atoms with Gasteiger partial charge in [0.2, 0.25) is 5.52 Å². The molecule has 17 heavy (non-hydrogen) atoms. The second kappa shape index (κ2) is 7.59. The topological polar surface area (TPSA) is 52.6 Å². The first-order valence-electron chi connectivity index (χ1n) is 5.53. The zero-order chi connectivity index (χ0) is 13.5. The van der Waals surface area contributed by atoms with Gasteiger partial charge in [-0.2, -0.15) is 0 Å². The van der Waals surface area contributed by atoms with Gasteiger partial charge in [0.15, 0.2) is 0 Å². The Kier molecular flexibility index (Phi) is 7.28. The molecule has 0 aromatic carbocycles. The van der Waals surface area contributed by atoms with E-state index >= 15 is 0 Å². The quantitative estimate of drug-likeness (QED) is 0.468. The van der Waals surface area contributed by atoms with E-state index in [-0.39, 0.29) is 19.6 Å². The van der Waals surface area contributed by atoms with Gasteiger partial charge in [-0.25, -0.2) is 0 Å². The van der Waals surface area contributed by atoms with E-state index in [0.29, 0.717) is 17.6 Å². The third-order valence-corrected chi connectivity index (χ3v) is 3.50. The molecule has 0 fully saturated rings. The molecule has 0 saturated carbocycles. The van der Waals surface area contributed by atoms with Crippen molar-refractivity contribution in [3.63, 3.8) is 0 Å². The van der Waals surface area contributed by atoms with Crippen molar-refractivity contribution in [1.29, 1.82) is 0 Å². The number of hydrogen-bond acceptors (Lipinski definition) is 4. The van der Waals surface area contributed by atoms with E-state index < -0.39 is 13.1 Å². The fourth-order valence-corrected chi connectivity index (χ4v) is 2.56. The highest BCUT2D eigenvalue weighted by Gasteiger charge is 2.33. The molecule has 0 aromatic rings. The second-order valence-corrected chi connectivity index (χ2v) is 6.11. The molecule has 4 nitrogen and oxygen atoms in total. The Balaban J connectivity index is 4.67. The first kappa shape index (κ1) is 16.3. The minimum atomic E-state index is -3.70. The van der Waals surface area contributed by atoms with Gasteiger partial charge in [-0.15, -0.1) is 0 Å². The first-order chi connectivity index (χ1) is 7.81. The lowest BCUT2D eigenvalue weighted by Crippen LogP contribution is -2.09. The predicted molar refractivity (Wildman–Crippen MR) is 69.1 cm³/mol. The van der Waals surface area contributed by atoms with Crippen LogP contribution in [0.25, 0.3) is 0 Å². The highest BCUT2D eigenvalue weighted by Crippen LogP contribution is 2.50. The molecular formula is C12H21O4P. The van der Waals surface area contributed by atoms with Crippen molar-refractivity contribution in [1.82, 2.24) is 0 Å². The summed E-state index contributed by atoms with van der Waals surface area (Å²) in [5.74, 6) is 0. The molecule has 0 unspecified atom stereocenters. The van der Waals surface area contributed by atoms with E-state index in [0.717, 1.165) is 0 Å². The Hall–Kier alpha value is -0.700. The smallest absolute Gasteiger partial charge is 0.299 e. The van der Waals surface area contributed by atoms with Crippen LogP contribution in [0, 0.1) is 0 Å². The van der Waals surface area contributed by atoms with Gasteiger partial charge in [-0.3, -0.25) is 18.4 Å². The molecule has 98 valence electrons. The molecule has 0 atom stereocenters. The van der Waals surface area contributed by atoms with Crippen LogP contribution in [0.5, 0.6) is 0 Å². The van der Waals surface area contributed by atoms with Gasteiger partial charge < -0.3 is 0 Å². The largest absolute Gasteiger partial charge is 0.397 e. The summed E-state index contributed by atoms with van der Waals surface area (Å²) < 4.78 is 22.4. The monoisotopic (exact) mass is 260 g/mol. The third kappa shape index (κ3) is 6.57. The van der Waals surface area contributed by atoms with Crippen LogP contribution < -0.4 is 0 Å². The molecule has 0 heterocycles. The van der Waals surface area contributed by atoms with E-state index in [9.17, 15) is 9.36 Å². The molecule has 0 saturated heterocycles. The van der Waals surface area contributed by atoms with Gasteiger partial charge in [-0.05, 0) is 20.3 Å². The Morgan fingerprint density at radius 3 is 1.82 bits per heavy atom. The summed E-state index contributed by atoms with van der Waals surface area (Å²) in [5, 5.41) is 0. The SMILES string of the molecule is C=C(C)COP(=O)(OCC(=C)C)C(=O)CCC. The molecule has 0 aliphatic rings. The maximum absolute atomic E-state index is 12.2. The van der Waals surface area contributed by atoms with Gasteiger partial charge in [0.25, 0.3) is 0 Å². The number of hydrogen-bond donors (Lipinski definition) is 0. The van der Waals surface area contributed by atoms with E-state index in [1.807, 2.05) is 6.92 Å². The average Bonchev–Trinajstić information content (AvgIpc) is 2.24. The zero-order valence-electron chi connectivity index (χ0n) is 10.8. The summed E-state index contributed by atoms with van der Waals surface area (Å²) in [6.45, 7) is 12.7. The number of carbonyl (C=O) groups is 1. The summed E-state index contributed by atoms with van der Waals surface area (Å²) in [7, 11) is -3.70. The Bertz CT molecular complexity index is 324. The zero-order valence-corrected chi connectivity index (χ0v) is 11.7. The highest BCUT2D eigenvalue weighted by atomic mass is 31.2. The van der Waals surface area contributed by atoms with E-state index in [1.165, 1.54) is 0 Å². The Morgan fingerprint density at radius 1 is 1.12 bits per heavy atom. The Morgan fingerprint density at radius 2 is 1.53 bits per heavy atom. The van der Waals surface area contributed by atoms with Crippen LogP contribution in [-0.2, 0) is 18.4 Å². The molecule has 0 aliphatic carbocycles. The van der Waals surface area contributed by atoms with Crippen molar-refractivity contribution in [3.8, 4) is 0 Å². The van der Waals surface area contributed by atoms with Crippen LogP contribution in [0.2, 0.25) is 0 Å². The molecule has 0 aromatic heterocycles. The van der Waals surface area contributed by atoms with Crippen molar-refractivity contribution in [3.05, 3.63) is 24.3 Å². The van der Waals surface area contributed by atoms with Crippen molar-refractivity contribution in [2.75, 3.05) is 13.2 Å². The second-order valence-electron chi connectivity index (χ2n) is 4.10. The van der Waals surface area contributed by atoms with Crippen LogP contribution in [0.4, 0.5) is 0 Å². The molecule has 0 radical (unpaired) electrons. The summed E-state index contributed by atoms with van der Waals surface area (Å²) in [6.07, 6.45) is 0.791. The normalized spacial score (nSPS) is 11.2. The van der Waals surface area contributed by atoms with Gasteiger partial charge in [0.1, 0.15) is 0 Å². The molecule has 0 N–H and O–H groups in total. The minimum Gasteiger partial charge on any atom is -0.299 e. The number of rotatable bonds is 9. The summed E-state index contributed by atoms with van der Waals surface area (Å²) >= 11 is 0. The van der Waals surface area contributed by atoms with Crippen molar-refractivity contribution >= 4 is 13.1 Å². The van der Waals surface area contributed by atoms with Crippen molar-refractivity contribution in [2.45, 2.75) is 33.6 Å². The highest BCUT2D eigenvalue weighted by molar-refractivity contribution is 7.71. The van der Waals surface area contributed by atoms with Crippen molar-refractivity contribution < 1.29 is 18.4 Å². The average molecular weight is 260 g/mol. The predicted octanol–water partition coefficient (Wildman–Crippen LogP) is 3.69. The van der Waals surface area contributed by atoms with Gasteiger partial charge in [0.05, 0.1) is 13.2 Å².